The lowest BCUT2D eigenvalue weighted by Gasteiger charge is -2.10. The van der Waals surface area contributed by atoms with Crippen molar-refractivity contribution in [2.45, 2.75) is 19.8 Å². The Labute approximate surface area is 104 Å². The Morgan fingerprint density at radius 1 is 1.29 bits per heavy atom. The van der Waals surface area contributed by atoms with Crippen LogP contribution in [0.1, 0.15) is 25.3 Å². The van der Waals surface area contributed by atoms with Crippen LogP contribution in [0.5, 0.6) is 11.9 Å². The van der Waals surface area contributed by atoms with Crippen LogP contribution in [0, 0.1) is 0 Å². The molecule has 0 radical (unpaired) electrons. The Bertz CT molecular complexity index is 525. The molecule has 2 heterocycles. The van der Waals surface area contributed by atoms with Gasteiger partial charge in [-0.2, -0.15) is 4.98 Å². The molecule has 7 heteroatoms. The molecule has 90 valence electrons. The number of rotatable bonds is 3. The largest absolute Gasteiger partial charge is 0.404 e. The number of aromatic nitrogens is 5. The van der Waals surface area contributed by atoms with E-state index in [4.69, 9.17) is 16.3 Å². The molecule has 0 atom stereocenters. The van der Waals surface area contributed by atoms with Crippen molar-refractivity contribution in [2.24, 2.45) is 7.05 Å². The normalized spacial score (nSPS) is 10.9. The smallest absolute Gasteiger partial charge is 0.342 e. The zero-order chi connectivity index (χ0) is 12.4. The van der Waals surface area contributed by atoms with E-state index in [2.05, 4.69) is 20.1 Å². The second-order valence-electron chi connectivity index (χ2n) is 3.84. The minimum absolute atomic E-state index is 0.155. The average molecular weight is 254 g/mol. The Hall–Kier alpha value is -1.69. The monoisotopic (exact) mass is 253 g/mol. The van der Waals surface area contributed by atoms with Crippen LogP contribution in [-0.2, 0) is 7.05 Å². The summed E-state index contributed by atoms with van der Waals surface area (Å²) in [6.07, 6.45) is 2.90. The van der Waals surface area contributed by atoms with Crippen LogP contribution < -0.4 is 4.74 Å². The first-order valence-corrected chi connectivity index (χ1v) is 5.49. The van der Waals surface area contributed by atoms with Crippen molar-refractivity contribution in [2.75, 3.05) is 0 Å². The summed E-state index contributed by atoms with van der Waals surface area (Å²) in [5.74, 6) is 0.550. The zero-order valence-electron chi connectivity index (χ0n) is 9.75. The first-order chi connectivity index (χ1) is 8.08. The maximum atomic E-state index is 6.02. The fourth-order valence-corrected chi connectivity index (χ4v) is 1.72. The topological polar surface area (TPSA) is 65.7 Å². The third kappa shape index (κ3) is 2.52. The van der Waals surface area contributed by atoms with Crippen LogP contribution >= 0.6 is 11.6 Å². The zero-order valence-corrected chi connectivity index (χ0v) is 10.5. The third-order valence-corrected chi connectivity index (χ3v) is 2.44. The SMILES string of the molecule is CC(C)c1c(Cl)ncnc1Oc1ncn(C)n1. The van der Waals surface area contributed by atoms with Crippen molar-refractivity contribution in [1.29, 1.82) is 0 Å². The van der Waals surface area contributed by atoms with E-state index < -0.39 is 0 Å². The molecule has 0 aliphatic rings. The Kier molecular flexibility index (Phi) is 3.23. The van der Waals surface area contributed by atoms with Gasteiger partial charge in [-0.25, -0.2) is 9.97 Å². The van der Waals surface area contributed by atoms with Crippen molar-refractivity contribution in [3.63, 3.8) is 0 Å². The van der Waals surface area contributed by atoms with Gasteiger partial charge in [0.1, 0.15) is 17.8 Å². The molecule has 0 unspecified atom stereocenters. The highest BCUT2D eigenvalue weighted by atomic mass is 35.5. The molecule has 0 aromatic carbocycles. The van der Waals surface area contributed by atoms with Gasteiger partial charge in [-0.15, -0.1) is 5.10 Å². The van der Waals surface area contributed by atoms with Crippen LogP contribution in [0.2, 0.25) is 5.15 Å². The van der Waals surface area contributed by atoms with E-state index in [1.165, 1.54) is 6.33 Å². The molecule has 0 spiro atoms. The quantitative estimate of drug-likeness (QED) is 0.785. The Morgan fingerprint density at radius 3 is 2.65 bits per heavy atom. The van der Waals surface area contributed by atoms with Gasteiger partial charge in [0.2, 0.25) is 5.88 Å². The van der Waals surface area contributed by atoms with Gasteiger partial charge in [0.25, 0.3) is 0 Å². The number of halogens is 1. The molecule has 2 rings (SSSR count). The highest BCUT2D eigenvalue weighted by molar-refractivity contribution is 6.30. The van der Waals surface area contributed by atoms with Gasteiger partial charge in [-0.3, -0.25) is 4.68 Å². The highest BCUT2D eigenvalue weighted by Gasteiger charge is 2.16. The summed E-state index contributed by atoms with van der Waals surface area (Å²) in [5, 5.41) is 4.41. The first kappa shape index (κ1) is 11.8. The second-order valence-corrected chi connectivity index (χ2v) is 4.20. The van der Waals surface area contributed by atoms with Crippen LogP contribution in [0.25, 0.3) is 0 Å². The molecule has 0 amide bonds. The molecule has 0 bridgehead atoms. The van der Waals surface area contributed by atoms with Gasteiger partial charge < -0.3 is 4.74 Å². The van der Waals surface area contributed by atoms with E-state index in [-0.39, 0.29) is 11.9 Å². The number of hydrogen-bond acceptors (Lipinski definition) is 5. The molecule has 17 heavy (non-hydrogen) atoms. The predicted molar refractivity (Wildman–Crippen MR) is 62.2 cm³/mol. The summed E-state index contributed by atoms with van der Waals surface area (Å²) in [6, 6.07) is 0.240. The van der Waals surface area contributed by atoms with E-state index in [1.807, 2.05) is 13.8 Å². The van der Waals surface area contributed by atoms with Crippen LogP contribution in [0.15, 0.2) is 12.7 Å². The van der Waals surface area contributed by atoms with Crippen LogP contribution in [-0.4, -0.2) is 24.7 Å². The molecule has 2 aromatic heterocycles. The molecule has 0 aliphatic heterocycles. The lowest BCUT2D eigenvalue weighted by molar-refractivity contribution is 0.413. The fourth-order valence-electron chi connectivity index (χ4n) is 1.38. The van der Waals surface area contributed by atoms with E-state index in [0.29, 0.717) is 11.0 Å². The third-order valence-electron chi connectivity index (χ3n) is 2.14. The van der Waals surface area contributed by atoms with Gasteiger partial charge in [-0.1, -0.05) is 25.4 Å². The van der Waals surface area contributed by atoms with Gasteiger partial charge >= 0.3 is 6.01 Å². The first-order valence-electron chi connectivity index (χ1n) is 5.12. The standard InChI is InChI=1S/C10H12ClN5O/c1-6(2)7-8(11)12-4-13-9(7)17-10-14-5-16(3)15-10/h4-6H,1-3H3. The number of nitrogens with zero attached hydrogens (tertiary/aromatic N) is 5. The van der Waals surface area contributed by atoms with Crippen molar-refractivity contribution in [1.82, 2.24) is 24.7 Å². The number of aryl methyl sites for hydroxylation is 1. The predicted octanol–water partition coefficient (Wildman–Crippen LogP) is 2.17. The Balaban J connectivity index is 2.35. The van der Waals surface area contributed by atoms with Crippen molar-refractivity contribution in [3.05, 3.63) is 23.4 Å². The lowest BCUT2D eigenvalue weighted by atomic mass is 10.1. The maximum absolute atomic E-state index is 6.02. The van der Waals surface area contributed by atoms with Crippen molar-refractivity contribution in [3.8, 4) is 11.9 Å². The minimum Gasteiger partial charge on any atom is -0.404 e. The highest BCUT2D eigenvalue weighted by Crippen LogP contribution is 2.31. The van der Waals surface area contributed by atoms with Gasteiger partial charge in [0.15, 0.2) is 0 Å². The molecule has 2 aromatic rings. The Morgan fingerprint density at radius 2 is 2.06 bits per heavy atom. The van der Waals surface area contributed by atoms with Crippen LogP contribution in [0.3, 0.4) is 0 Å². The molecule has 0 saturated carbocycles. The molecule has 0 fully saturated rings. The summed E-state index contributed by atoms with van der Waals surface area (Å²) >= 11 is 6.02. The minimum atomic E-state index is 0.155. The van der Waals surface area contributed by atoms with Crippen molar-refractivity contribution < 1.29 is 4.74 Å². The van der Waals surface area contributed by atoms with Gasteiger partial charge in [0, 0.05) is 7.05 Å². The summed E-state index contributed by atoms with van der Waals surface area (Å²) < 4.78 is 7.04. The van der Waals surface area contributed by atoms with E-state index in [0.717, 1.165) is 5.56 Å². The van der Waals surface area contributed by atoms with Gasteiger partial charge in [0.05, 0.1) is 5.56 Å². The fraction of sp³-hybridized carbons (Fsp3) is 0.400. The van der Waals surface area contributed by atoms with E-state index in [1.54, 1.807) is 18.1 Å². The second kappa shape index (κ2) is 4.67. The van der Waals surface area contributed by atoms with Crippen molar-refractivity contribution >= 4 is 11.6 Å². The average Bonchev–Trinajstić information content (AvgIpc) is 2.63. The number of ether oxygens (including phenoxy) is 1. The number of hydrogen-bond donors (Lipinski definition) is 0. The lowest BCUT2D eigenvalue weighted by Crippen LogP contribution is -2.00. The van der Waals surface area contributed by atoms with E-state index >= 15 is 0 Å². The molecule has 6 nitrogen and oxygen atoms in total. The molecule has 0 saturated heterocycles. The molecule has 0 N–H and O–H groups in total. The van der Waals surface area contributed by atoms with Crippen LogP contribution in [0.4, 0.5) is 0 Å². The molecular weight excluding hydrogens is 242 g/mol. The molecule has 0 aliphatic carbocycles. The molecular formula is C10H12ClN5O. The summed E-state index contributed by atoms with van der Waals surface area (Å²) in [4.78, 5) is 12.0. The summed E-state index contributed by atoms with van der Waals surface area (Å²) in [6.45, 7) is 3.98. The summed E-state index contributed by atoms with van der Waals surface area (Å²) in [7, 11) is 1.76. The van der Waals surface area contributed by atoms with Gasteiger partial charge in [-0.05, 0) is 5.92 Å². The van der Waals surface area contributed by atoms with E-state index in [9.17, 15) is 0 Å². The maximum Gasteiger partial charge on any atom is 0.342 e. The summed E-state index contributed by atoms with van der Waals surface area (Å²) in [5.41, 5.74) is 0.751.